The Kier molecular flexibility index (Phi) is 4.39. The molecule has 0 saturated carbocycles. The Morgan fingerprint density at radius 3 is 2.81 bits per heavy atom. The van der Waals surface area contributed by atoms with Gasteiger partial charge in [0.05, 0.1) is 28.6 Å². The Labute approximate surface area is 123 Å². The Hall–Kier alpha value is -2.61. The number of rotatable bonds is 5. The third-order valence-corrected chi connectivity index (χ3v) is 3.65. The predicted molar refractivity (Wildman–Crippen MR) is 75.0 cm³/mol. The van der Waals surface area contributed by atoms with Gasteiger partial charge in [-0.2, -0.15) is 0 Å². The number of aromatic nitrogens is 1. The maximum absolute atomic E-state index is 11.1. The van der Waals surface area contributed by atoms with E-state index < -0.39 is 10.9 Å². The zero-order valence-corrected chi connectivity index (χ0v) is 11.7. The Morgan fingerprint density at radius 2 is 2.19 bits per heavy atom. The molecular weight excluding hydrogens is 296 g/mol. The quantitative estimate of drug-likeness (QED) is 0.669. The van der Waals surface area contributed by atoms with Crippen LogP contribution in [0.5, 0.6) is 5.75 Å². The molecule has 0 bridgehead atoms. The van der Waals surface area contributed by atoms with Gasteiger partial charge < -0.3 is 9.84 Å². The molecule has 2 aromatic rings. The van der Waals surface area contributed by atoms with Crippen molar-refractivity contribution in [2.24, 2.45) is 0 Å². The standard InChI is InChI=1S/C13H10N2O5S/c1-20-8-4-5-11(10(7-8)15(18)19)21-12-9(13(16)17)3-2-6-14-12/h2-7H,1H3,(H,16,17). The molecule has 8 heteroatoms. The lowest BCUT2D eigenvalue weighted by Crippen LogP contribution is -2.00. The smallest absolute Gasteiger partial charge is 0.338 e. The van der Waals surface area contributed by atoms with Gasteiger partial charge >= 0.3 is 5.97 Å². The molecule has 1 heterocycles. The Balaban J connectivity index is 2.45. The van der Waals surface area contributed by atoms with Crippen LogP contribution < -0.4 is 4.74 Å². The van der Waals surface area contributed by atoms with Crippen LogP contribution in [0.2, 0.25) is 0 Å². The lowest BCUT2D eigenvalue weighted by molar-refractivity contribution is -0.387. The van der Waals surface area contributed by atoms with Crippen LogP contribution in [0, 0.1) is 10.1 Å². The highest BCUT2D eigenvalue weighted by Crippen LogP contribution is 2.37. The fraction of sp³-hybridized carbons (Fsp3) is 0.0769. The fourth-order valence-electron chi connectivity index (χ4n) is 1.59. The summed E-state index contributed by atoms with van der Waals surface area (Å²) in [5, 5.41) is 20.4. The van der Waals surface area contributed by atoms with Crippen LogP contribution in [-0.2, 0) is 0 Å². The topological polar surface area (TPSA) is 103 Å². The first-order valence-corrected chi connectivity index (χ1v) is 6.53. The van der Waals surface area contributed by atoms with E-state index in [1.54, 1.807) is 6.07 Å². The zero-order valence-electron chi connectivity index (χ0n) is 10.8. The number of ether oxygens (including phenoxy) is 1. The molecule has 2 rings (SSSR count). The van der Waals surface area contributed by atoms with Crippen molar-refractivity contribution in [1.82, 2.24) is 4.98 Å². The number of carboxylic acid groups (broad SMARTS) is 1. The van der Waals surface area contributed by atoms with Gasteiger partial charge in [-0.1, -0.05) is 11.8 Å². The van der Waals surface area contributed by atoms with Gasteiger partial charge in [-0.3, -0.25) is 10.1 Å². The highest BCUT2D eigenvalue weighted by Gasteiger charge is 2.19. The van der Waals surface area contributed by atoms with Gasteiger partial charge in [-0.25, -0.2) is 9.78 Å². The van der Waals surface area contributed by atoms with Crippen LogP contribution in [0.1, 0.15) is 10.4 Å². The minimum atomic E-state index is -1.14. The minimum Gasteiger partial charge on any atom is -0.497 e. The van der Waals surface area contributed by atoms with Crippen molar-refractivity contribution < 1.29 is 19.6 Å². The number of aromatic carboxylic acids is 1. The third kappa shape index (κ3) is 3.29. The maximum atomic E-state index is 11.1. The summed E-state index contributed by atoms with van der Waals surface area (Å²) < 4.78 is 4.95. The van der Waals surface area contributed by atoms with Crippen molar-refractivity contribution in [3.63, 3.8) is 0 Å². The molecule has 0 unspecified atom stereocenters. The van der Waals surface area contributed by atoms with Gasteiger partial charge in [-0.05, 0) is 24.3 Å². The molecular formula is C13H10N2O5S. The lowest BCUT2D eigenvalue weighted by Gasteiger charge is -2.06. The first-order chi connectivity index (χ1) is 10.0. The molecule has 1 aromatic carbocycles. The molecule has 108 valence electrons. The average molecular weight is 306 g/mol. The first-order valence-electron chi connectivity index (χ1n) is 5.71. The highest BCUT2D eigenvalue weighted by molar-refractivity contribution is 7.99. The Morgan fingerprint density at radius 1 is 1.43 bits per heavy atom. The van der Waals surface area contributed by atoms with Gasteiger partial charge in [0, 0.05) is 6.20 Å². The summed E-state index contributed by atoms with van der Waals surface area (Å²) in [7, 11) is 1.41. The molecule has 0 spiro atoms. The largest absolute Gasteiger partial charge is 0.497 e. The van der Waals surface area contributed by atoms with Crippen LogP contribution in [0.3, 0.4) is 0 Å². The molecule has 1 aromatic heterocycles. The molecule has 0 fully saturated rings. The Bertz CT molecular complexity index is 705. The van der Waals surface area contributed by atoms with Crippen LogP contribution in [0.4, 0.5) is 5.69 Å². The summed E-state index contributed by atoms with van der Waals surface area (Å²) in [6, 6.07) is 7.25. The van der Waals surface area contributed by atoms with Crippen LogP contribution in [-0.4, -0.2) is 28.1 Å². The van der Waals surface area contributed by atoms with E-state index in [9.17, 15) is 14.9 Å². The number of methoxy groups -OCH3 is 1. The van der Waals surface area contributed by atoms with E-state index in [4.69, 9.17) is 9.84 Å². The summed E-state index contributed by atoms with van der Waals surface area (Å²) >= 11 is 0.928. The number of carbonyl (C=O) groups is 1. The fourth-order valence-corrected chi connectivity index (χ4v) is 2.55. The summed E-state index contributed by atoms with van der Waals surface area (Å²) in [5.41, 5.74) is -0.172. The van der Waals surface area contributed by atoms with Gasteiger partial charge in [0.25, 0.3) is 5.69 Å². The van der Waals surface area contributed by atoms with Crippen molar-refractivity contribution >= 4 is 23.4 Å². The second-order valence-corrected chi connectivity index (χ2v) is 4.88. The number of nitrogens with zero attached hydrogens (tertiary/aromatic N) is 2. The van der Waals surface area contributed by atoms with Crippen molar-refractivity contribution in [2.45, 2.75) is 9.92 Å². The van der Waals surface area contributed by atoms with E-state index in [2.05, 4.69) is 4.98 Å². The molecule has 0 amide bonds. The van der Waals surface area contributed by atoms with Crippen molar-refractivity contribution in [1.29, 1.82) is 0 Å². The minimum absolute atomic E-state index is 0.00684. The van der Waals surface area contributed by atoms with Gasteiger partial charge in [0.1, 0.15) is 10.8 Å². The zero-order chi connectivity index (χ0) is 15.4. The molecule has 21 heavy (non-hydrogen) atoms. The van der Waals surface area contributed by atoms with Crippen LogP contribution in [0.15, 0.2) is 46.5 Å². The highest BCUT2D eigenvalue weighted by atomic mass is 32.2. The van der Waals surface area contributed by atoms with Crippen molar-refractivity contribution in [2.75, 3.05) is 7.11 Å². The summed E-state index contributed by atoms with van der Waals surface area (Å²) in [5.74, 6) is -0.785. The SMILES string of the molecule is COc1ccc(Sc2ncccc2C(=O)O)c([N+](=O)[O-])c1. The summed E-state index contributed by atoms with van der Waals surface area (Å²) in [6.07, 6.45) is 1.43. The second kappa shape index (κ2) is 6.23. The number of benzene rings is 1. The van der Waals surface area contributed by atoms with E-state index in [0.717, 1.165) is 11.8 Å². The van der Waals surface area contributed by atoms with Crippen molar-refractivity contribution in [3.8, 4) is 5.75 Å². The third-order valence-electron chi connectivity index (χ3n) is 2.57. The normalized spacial score (nSPS) is 10.1. The summed E-state index contributed by atoms with van der Waals surface area (Å²) in [6.45, 7) is 0. The number of carboxylic acids is 1. The number of pyridine rings is 1. The van der Waals surface area contributed by atoms with E-state index in [1.165, 1.54) is 37.6 Å². The van der Waals surface area contributed by atoms with E-state index in [0.29, 0.717) is 10.6 Å². The van der Waals surface area contributed by atoms with E-state index in [-0.39, 0.29) is 16.3 Å². The van der Waals surface area contributed by atoms with Gasteiger partial charge in [-0.15, -0.1) is 0 Å². The number of hydrogen-bond donors (Lipinski definition) is 1. The van der Waals surface area contributed by atoms with Gasteiger partial charge in [0.15, 0.2) is 0 Å². The molecule has 0 radical (unpaired) electrons. The second-order valence-electron chi connectivity index (χ2n) is 3.85. The van der Waals surface area contributed by atoms with Crippen LogP contribution >= 0.6 is 11.8 Å². The van der Waals surface area contributed by atoms with Crippen molar-refractivity contribution in [3.05, 3.63) is 52.2 Å². The van der Waals surface area contributed by atoms with Crippen LogP contribution in [0.25, 0.3) is 0 Å². The number of nitro groups is 1. The monoisotopic (exact) mass is 306 g/mol. The van der Waals surface area contributed by atoms with E-state index in [1.807, 2.05) is 0 Å². The first kappa shape index (κ1) is 14.8. The summed E-state index contributed by atoms with van der Waals surface area (Å²) in [4.78, 5) is 25.9. The molecule has 0 aliphatic carbocycles. The molecule has 1 N–H and O–H groups in total. The van der Waals surface area contributed by atoms with E-state index >= 15 is 0 Å². The molecule has 0 aliphatic heterocycles. The number of hydrogen-bond acceptors (Lipinski definition) is 6. The molecule has 7 nitrogen and oxygen atoms in total. The molecule has 0 atom stereocenters. The maximum Gasteiger partial charge on any atom is 0.338 e. The average Bonchev–Trinajstić information content (AvgIpc) is 2.47. The predicted octanol–water partition coefficient (Wildman–Crippen LogP) is 2.85. The molecule has 0 saturated heterocycles. The molecule has 0 aliphatic rings. The van der Waals surface area contributed by atoms with Gasteiger partial charge in [0.2, 0.25) is 0 Å². The number of nitro benzene ring substituents is 1. The lowest BCUT2D eigenvalue weighted by atomic mass is 10.3.